The van der Waals surface area contributed by atoms with Gasteiger partial charge in [-0.25, -0.2) is 0 Å². The average Bonchev–Trinajstić information content (AvgIpc) is 3.22. The van der Waals surface area contributed by atoms with Gasteiger partial charge in [0.1, 0.15) is 11.5 Å². The highest BCUT2D eigenvalue weighted by Crippen LogP contribution is 2.40. The molecule has 5 heteroatoms. The van der Waals surface area contributed by atoms with Gasteiger partial charge < -0.3 is 14.8 Å². The van der Waals surface area contributed by atoms with Gasteiger partial charge in [0.05, 0.1) is 18.8 Å². The lowest BCUT2D eigenvalue weighted by atomic mass is 9.99. The van der Waals surface area contributed by atoms with Gasteiger partial charge in [0.25, 0.3) is 5.91 Å². The summed E-state index contributed by atoms with van der Waals surface area (Å²) in [5.41, 5.74) is 3.84. The number of benzene rings is 2. The fourth-order valence-electron chi connectivity index (χ4n) is 3.29. The van der Waals surface area contributed by atoms with Crippen LogP contribution < -0.4 is 14.8 Å². The first-order valence-electron chi connectivity index (χ1n) is 8.19. The second-order valence-electron chi connectivity index (χ2n) is 6.05. The summed E-state index contributed by atoms with van der Waals surface area (Å²) in [5.74, 6) is 1.50. The van der Waals surface area contributed by atoms with Crippen LogP contribution in [0.4, 0.5) is 0 Å². The van der Waals surface area contributed by atoms with Crippen LogP contribution in [0.5, 0.6) is 11.5 Å². The highest BCUT2D eigenvalue weighted by molar-refractivity contribution is 6.30. The van der Waals surface area contributed by atoms with E-state index in [9.17, 15) is 4.79 Å². The topological polar surface area (TPSA) is 47.6 Å². The Morgan fingerprint density at radius 3 is 2.75 bits per heavy atom. The third kappa shape index (κ3) is 2.82. The number of halogens is 1. The van der Waals surface area contributed by atoms with Crippen molar-refractivity contribution in [2.75, 3.05) is 19.8 Å². The molecule has 124 valence electrons. The molecule has 2 aromatic carbocycles. The lowest BCUT2D eigenvalue weighted by Crippen LogP contribution is -2.27. The molecular weight excluding hydrogens is 326 g/mol. The standard InChI is InChI=1S/C19H18ClNO3/c20-14-3-1-12(2-4-14)5-8-21-19(22)17-15-7-10-23-16(15)11-13-6-9-24-18(13)17/h1-4,11H,5-10H2,(H,21,22). The first-order chi connectivity index (χ1) is 11.7. The number of fused-ring (bicyclic) bond motifs is 2. The summed E-state index contributed by atoms with van der Waals surface area (Å²) in [6.45, 7) is 1.83. The zero-order chi connectivity index (χ0) is 16.5. The Kier molecular flexibility index (Phi) is 4.07. The Hall–Kier alpha value is -2.20. The molecule has 2 aliphatic heterocycles. The molecule has 1 amide bonds. The Labute approximate surface area is 145 Å². The zero-order valence-corrected chi connectivity index (χ0v) is 14.0. The van der Waals surface area contributed by atoms with Gasteiger partial charge in [-0.1, -0.05) is 23.7 Å². The van der Waals surface area contributed by atoms with E-state index in [2.05, 4.69) is 5.32 Å². The summed E-state index contributed by atoms with van der Waals surface area (Å²) in [5, 5.41) is 3.73. The number of hydrogen-bond donors (Lipinski definition) is 1. The minimum absolute atomic E-state index is 0.0792. The number of carbonyl (C=O) groups is 1. The second kappa shape index (κ2) is 6.36. The van der Waals surface area contributed by atoms with Gasteiger partial charge in [-0.15, -0.1) is 0 Å². The SMILES string of the molecule is O=C(NCCc1ccc(Cl)cc1)c1c2c(cc3c1OCC3)OCC2. The Bertz CT molecular complexity index is 754. The maximum absolute atomic E-state index is 12.7. The smallest absolute Gasteiger partial charge is 0.255 e. The average molecular weight is 344 g/mol. The van der Waals surface area contributed by atoms with E-state index < -0.39 is 0 Å². The fraction of sp³-hybridized carbons (Fsp3) is 0.316. The van der Waals surface area contributed by atoms with Gasteiger partial charge >= 0.3 is 0 Å². The van der Waals surface area contributed by atoms with Crippen LogP contribution in [-0.4, -0.2) is 25.7 Å². The molecule has 2 heterocycles. The monoisotopic (exact) mass is 343 g/mol. The summed E-state index contributed by atoms with van der Waals surface area (Å²) in [6, 6.07) is 9.70. The van der Waals surface area contributed by atoms with Crippen molar-refractivity contribution in [3.63, 3.8) is 0 Å². The van der Waals surface area contributed by atoms with Crippen LogP contribution in [0.25, 0.3) is 0 Å². The van der Waals surface area contributed by atoms with Crippen LogP contribution in [0, 0.1) is 0 Å². The van der Waals surface area contributed by atoms with Crippen LogP contribution in [0.15, 0.2) is 30.3 Å². The first-order valence-corrected chi connectivity index (χ1v) is 8.57. The first kappa shape index (κ1) is 15.3. The van der Waals surface area contributed by atoms with Gasteiger partial charge in [0.2, 0.25) is 0 Å². The quantitative estimate of drug-likeness (QED) is 0.927. The van der Waals surface area contributed by atoms with Crippen molar-refractivity contribution in [1.82, 2.24) is 5.32 Å². The van der Waals surface area contributed by atoms with Gasteiger partial charge in [-0.2, -0.15) is 0 Å². The molecule has 0 unspecified atom stereocenters. The maximum Gasteiger partial charge on any atom is 0.255 e. The van der Waals surface area contributed by atoms with Crippen LogP contribution in [0.1, 0.15) is 27.0 Å². The van der Waals surface area contributed by atoms with Crippen molar-refractivity contribution in [3.8, 4) is 11.5 Å². The van der Waals surface area contributed by atoms with Gasteiger partial charge in [0, 0.05) is 35.5 Å². The van der Waals surface area contributed by atoms with E-state index in [0.29, 0.717) is 25.3 Å². The molecule has 0 bridgehead atoms. The molecule has 24 heavy (non-hydrogen) atoms. The summed E-state index contributed by atoms with van der Waals surface area (Å²) < 4.78 is 11.4. The molecule has 0 aliphatic carbocycles. The minimum atomic E-state index is -0.0792. The van der Waals surface area contributed by atoms with E-state index in [0.717, 1.165) is 52.5 Å². The molecule has 0 aromatic heterocycles. The third-order valence-corrected chi connectivity index (χ3v) is 4.74. The summed E-state index contributed by atoms with van der Waals surface area (Å²) in [4.78, 5) is 12.7. The molecule has 0 saturated heterocycles. The van der Waals surface area contributed by atoms with Crippen molar-refractivity contribution in [1.29, 1.82) is 0 Å². The van der Waals surface area contributed by atoms with Crippen LogP contribution in [0.2, 0.25) is 5.02 Å². The van der Waals surface area contributed by atoms with E-state index in [1.54, 1.807) is 0 Å². The highest BCUT2D eigenvalue weighted by atomic mass is 35.5. The Morgan fingerprint density at radius 1 is 1.12 bits per heavy atom. The van der Waals surface area contributed by atoms with E-state index in [-0.39, 0.29) is 5.91 Å². The number of amides is 1. The van der Waals surface area contributed by atoms with Crippen LogP contribution in [-0.2, 0) is 19.3 Å². The second-order valence-corrected chi connectivity index (χ2v) is 6.48. The number of nitrogens with one attached hydrogen (secondary N) is 1. The molecule has 0 spiro atoms. The minimum Gasteiger partial charge on any atom is -0.493 e. The normalized spacial score (nSPS) is 14.5. The van der Waals surface area contributed by atoms with Crippen molar-refractivity contribution < 1.29 is 14.3 Å². The largest absolute Gasteiger partial charge is 0.493 e. The molecule has 4 rings (SSSR count). The van der Waals surface area contributed by atoms with Gasteiger partial charge in [0.15, 0.2) is 0 Å². The van der Waals surface area contributed by atoms with Crippen molar-refractivity contribution in [3.05, 3.63) is 57.6 Å². The van der Waals surface area contributed by atoms with Gasteiger partial charge in [-0.05, 0) is 30.2 Å². The van der Waals surface area contributed by atoms with Crippen molar-refractivity contribution in [2.24, 2.45) is 0 Å². The number of rotatable bonds is 4. The molecule has 0 fully saturated rings. The van der Waals surface area contributed by atoms with Crippen LogP contribution in [0.3, 0.4) is 0 Å². The predicted octanol–water partition coefficient (Wildman–Crippen LogP) is 3.18. The van der Waals surface area contributed by atoms with Crippen molar-refractivity contribution >= 4 is 17.5 Å². The lowest BCUT2D eigenvalue weighted by molar-refractivity contribution is 0.0950. The Balaban J connectivity index is 1.50. The van der Waals surface area contributed by atoms with E-state index in [1.165, 1.54) is 0 Å². The lowest BCUT2D eigenvalue weighted by Gasteiger charge is -2.13. The highest BCUT2D eigenvalue weighted by Gasteiger charge is 2.29. The fourth-order valence-corrected chi connectivity index (χ4v) is 3.41. The van der Waals surface area contributed by atoms with Crippen molar-refractivity contribution in [2.45, 2.75) is 19.3 Å². The molecule has 1 N–H and O–H groups in total. The van der Waals surface area contributed by atoms with E-state index in [1.807, 2.05) is 30.3 Å². The Morgan fingerprint density at radius 2 is 1.92 bits per heavy atom. The molecule has 0 radical (unpaired) electrons. The summed E-state index contributed by atoms with van der Waals surface area (Å²) >= 11 is 5.89. The maximum atomic E-state index is 12.7. The van der Waals surface area contributed by atoms with Crippen LogP contribution >= 0.6 is 11.6 Å². The molecule has 2 aromatic rings. The number of carbonyl (C=O) groups excluding carboxylic acids is 1. The molecule has 2 aliphatic rings. The number of ether oxygens (including phenoxy) is 2. The summed E-state index contributed by atoms with van der Waals surface area (Å²) in [7, 11) is 0. The molecule has 4 nitrogen and oxygen atoms in total. The van der Waals surface area contributed by atoms with E-state index in [4.69, 9.17) is 21.1 Å². The molecule has 0 atom stereocenters. The zero-order valence-electron chi connectivity index (χ0n) is 13.2. The number of hydrogen-bond acceptors (Lipinski definition) is 3. The van der Waals surface area contributed by atoms with Gasteiger partial charge in [-0.3, -0.25) is 4.79 Å². The molecular formula is C19H18ClNO3. The van der Waals surface area contributed by atoms with E-state index >= 15 is 0 Å². The molecule has 0 saturated carbocycles. The third-order valence-electron chi connectivity index (χ3n) is 4.49. The predicted molar refractivity (Wildman–Crippen MR) is 92.3 cm³/mol. The summed E-state index contributed by atoms with van der Waals surface area (Å²) in [6.07, 6.45) is 2.35.